The summed E-state index contributed by atoms with van der Waals surface area (Å²) in [7, 11) is 0. The van der Waals surface area contributed by atoms with Crippen molar-refractivity contribution in [3.8, 4) is 0 Å². The summed E-state index contributed by atoms with van der Waals surface area (Å²) in [6.07, 6.45) is -4.65. The Morgan fingerprint density at radius 3 is 2.68 bits per heavy atom. The van der Waals surface area contributed by atoms with Gasteiger partial charge >= 0.3 is 0 Å². The fraction of sp³-hybridized carbons (Fsp3) is 0.833. The molecular weight excluding hydrogens is 258 g/mol. The van der Waals surface area contributed by atoms with Crippen LogP contribution in [0.15, 0.2) is 0 Å². The Labute approximate surface area is 111 Å². The van der Waals surface area contributed by atoms with E-state index in [2.05, 4.69) is 5.32 Å². The molecule has 2 amide bonds. The van der Waals surface area contributed by atoms with Gasteiger partial charge in [0.05, 0.1) is 5.92 Å². The van der Waals surface area contributed by atoms with Gasteiger partial charge < -0.3 is 15.3 Å². The quantitative estimate of drug-likeness (QED) is 0.731. The number of carbonyl (C=O) groups is 2. The molecule has 0 bridgehead atoms. The Morgan fingerprint density at radius 2 is 2.16 bits per heavy atom. The zero-order valence-corrected chi connectivity index (χ0v) is 11.1. The Morgan fingerprint density at radius 1 is 1.53 bits per heavy atom. The fourth-order valence-corrected chi connectivity index (χ4v) is 2.00. The van der Waals surface area contributed by atoms with Crippen molar-refractivity contribution in [3.05, 3.63) is 0 Å². The third-order valence-corrected chi connectivity index (χ3v) is 2.95. The minimum absolute atomic E-state index is 0.0942. The number of amides is 2. The van der Waals surface area contributed by atoms with Gasteiger partial charge in [-0.05, 0) is 5.92 Å². The summed E-state index contributed by atoms with van der Waals surface area (Å²) in [5.41, 5.74) is 0. The highest BCUT2D eigenvalue weighted by atomic mass is 19.3. The van der Waals surface area contributed by atoms with E-state index in [-0.39, 0.29) is 12.3 Å². The molecule has 1 fully saturated rings. The van der Waals surface area contributed by atoms with E-state index in [9.17, 15) is 18.4 Å². The lowest BCUT2D eigenvalue weighted by molar-refractivity contribution is -0.129. The smallest absolute Gasteiger partial charge is 0.265 e. The number of halogens is 2. The minimum Gasteiger partial charge on any atom is -0.385 e. The number of hydrogen-bond donors (Lipinski definition) is 2. The number of likely N-dealkylation sites (tertiary alicyclic amines) is 1. The van der Waals surface area contributed by atoms with Gasteiger partial charge in [0.15, 0.2) is 0 Å². The fourth-order valence-electron chi connectivity index (χ4n) is 2.00. The van der Waals surface area contributed by atoms with Gasteiger partial charge in [-0.25, -0.2) is 8.78 Å². The first kappa shape index (κ1) is 15.8. The van der Waals surface area contributed by atoms with Crippen molar-refractivity contribution in [2.45, 2.75) is 32.8 Å². The van der Waals surface area contributed by atoms with E-state index in [4.69, 9.17) is 5.11 Å². The molecule has 0 aromatic rings. The molecule has 0 aromatic heterocycles. The number of nitrogens with zero attached hydrogens (tertiary/aromatic N) is 1. The molecule has 0 spiro atoms. The molecule has 1 heterocycles. The summed E-state index contributed by atoms with van der Waals surface area (Å²) >= 11 is 0. The standard InChI is InChI=1S/C12H20F2N2O3/c1-7(2)5-16-6-8(3-10(16)18)12(19)15-4-9(17)11(13)14/h7-9,11,17H,3-6H2,1-2H3,(H,15,19). The van der Waals surface area contributed by atoms with Gasteiger partial charge in [0, 0.05) is 26.1 Å². The number of nitrogens with one attached hydrogen (secondary N) is 1. The summed E-state index contributed by atoms with van der Waals surface area (Å²) in [4.78, 5) is 25.0. The van der Waals surface area contributed by atoms with Crippen LogP contribution < -0.4 is 5.32 Å². The second-order valence-corrected chi connectivity index (χ2v) is 5.24. The number of aliphatic hydroxyl groups is 1. The third-order valence-electron chi connectivity index (χ3n) is 2.95. The first-order valence-corrected chi connectivity index (χ1v) is 6.33. The van der Waals surface area contributed by atoms with E-state index in [1.54, 1.807) is 4.90 Å². The first-order valence-electron chi connectivity index (χ1n) is 6.33. The van der Waals surface area contributed by atoms with Crippen LogP contribution in [0, 0.1) is 11.8 Å². The van der Waals surface area contributed by atoms with Crippen molar-refractivity contribution in [1.82, 2.24) is 10.2 Å². The predicted molar refractivity (Wildman–Crippen MR) is 64.5 cm³/mol. The molecule has 0 aromatic carbocycles. The van der Waals surface area contributed by atoms with Crippen LogP contribution >= 0.6 is 0 Å². The Hall–Kier alpha value is -1.24. The van der Waals surface area contributed by atoms with E-state index in [1.165, 1.54) is 0 Å². The summed E-state index contributed by atoms with van der Waals surface area (Å²) < 4.78 is 24.1. The van der Waals surface area contributed by atoms with Crippen LogP contribution in [0.3, 0.4) is 0 Å². The van der Waals surface area contributed by atoms with Crippen molar-refractivity contribution >= 4 is 11.8 Å². The van der Waals surface area contributed by atoms with Crippen LogP contribution in [0.5, 0.6) is 0 Å². The van der Waals surface area contributed by atoms with E-state index in [0.717, 1.165) is 0 Å². The van der Waals surface area contributed by atoms with Gasteiger partial charge in [0.25, 0.3) is 6.43 Å². The highest BCUT2D eigenvalue weighted by Gasteiger charge is 2.34. The third kappa shape index (κ3) is 4.74. The predicted octanol–water partition coefficient (Wildman–Crippen LogP) is 0.233. The van der Waals surface area contributed by atoms with E-state index in [1.807, 2.05) is 13.8 Å². The molecule has 2 unspecified atom stereocenters. The molecule has 19 heavy (non-hydrogen) atoms. The highest BCUT2D eigenvalue weighted by Crippen LogP contribution is 2.19. The Balaban J connectivity index is 2.41. The molecule has 1 saturated heterocycles. The molecule has 0 radical (unpaired) electrons. The lowest BCUT2D eigenvalue weighted by Gasteiger charge is -2.19. The number of aliphatic hydroxyl groups excluding tert-OH is 1. The molecule has 1 aliphatic heterocycles. The zero-order chi connectivity index (χ0) is 14.6. The van der Waals surface area contributed by atoms with Gasteiger partial charge in [-0.3, -0.25) is 9.59 Å². The molecule has 2 N–H and O–H groups in total. The summed E-state index contributed by atoms with van der Waals surface area (Å²) in [6, 6.07) is 0. The monoisotopic (exact) mass is 278 g/mol. The minimum atomic E-state index is -2.89. The van der Waals surface area contributed by atoms with Crippen LogP contribution in [0.25, 0.3) is 0 Å². The van der Waals surface area contributed by atoms with Crippen LogP contribution in [-0.2, 0) is 9.59 Å². The molecule has 0 aliphatic carbocycles. The zero-order valence-electron chi connectivity index (χ0n) is 11.1. The van der Waals surface area contributed by atoms with Gasteiger partial charge in [-0.15, -0.1) is 0 Å². The summed E-state index contributed by atoms with van der Waals surface area (Å²) in [6.45, 7) is 4.35. The van der Waals surface area contributed by atoms with E-state index in [0.29, 0.717) is 19.0 Å². The maximum atomic E-state index is 12.1. The number of hydrogen-bond acceptors (Lipinski definition) is 3. The van der Waals surface area contributed by atoms with Crippen LogP contribution in [-0.4, -0.2) is 54.0 Å². The number of rotatable bonds is 6. The SMILES string of the molecule is CC(C)CN1CC(C(=O)NCC(O)C(F)F)CC1=O. The Kier molecular flexibility index (Phi) is 5.65. The van der Waals surface area contributed by atoms with Crippen LogP contribution in [0.1, 0.15) is 20.3 Å². The van der Waals surface area contributed by atoms with Gasteiger partial charge in [0.1, 0.15) is 6.10 Å². The van der Waals surface area contributed by atoms with E-state index < -0.39 is 30.9 Å². The van der Waals surface area contributed by atoms with Crippen LogP contribution in [0.2, 0.25) is 0 Å². The second kappa shape index (κ2) is 6.79. The average molecular weight is 278 g/mol. The van der Waals surface area contributed by atoms with Crippen molar-refractivity contribution in [1.29, 1.82) is 0 Å². The van der Waals surface area contributed by atoms with Crippen molar-refractivity contribution in [3.63, 3.8) is 0 Å². The number of alkyl halides is 2. The van der Waals surface area contributed by atoms with Crippen molar-refractivity contribution in [2.24, 2.45) is 11.8 Å². The molecule has 5 nitrogen and oxygen atoms in total. The molecule has 7 heteroatoms. The van der Waals surface area contributed by atoms with Gasteiger partial charge in [0.2, 0.25) is 11.8 Å². The first-order chi connectivity index (χ1) is 8.81. The normalized spacial score (nSPS) is 21.3. The number of carbonyl (C=O) groups excluding carboxylic acids is 2. The summed E-state index contributed by atoms with van der Waals surface area (Å²) in [5.74, 6) is -0.759. The Bertz CT molecular complexity index is 337. The lowest BCUT2D eigenvalue weighted by Crippen LogP contribution is -2.40. The summed E-state index contributed by atoms with van der Waals surface area (Å²) in [5, 5.41) is 11.2. The van der Waals surface area contributed by atoms with Crippen molar-refractivity contribution in [2.75, 3.05) is 19.6 Å². The molecular formula is C12H20F2N2O3. The lowest BCUT2D eigenvalue weighted by atomic mass is 10.1. The van der Waals surface area contributed by atoms with Crippen molar-refractivity contribution < 1.29 is 23.5 Å². The maximum absolute atomic E-state index is 12.1. The topological polar surface area (TPSA) is 69.6 Å². The van der Waals surface area contributed by atoms with E-state index >= 15 is 0 Å². The highest BCUT2D eigenvalue weighted by molar-refractivity contribution is 5.89. The molecule has 1 rings (SSSR count). The van der Waals surface area contributed by atoms with Crippen LogP contribution in [0.4, 0.5) is 8.78 Å². The largest absolute Gasteiger partial charge is 0.385 e. The molecule has 1 aliphatic rings. The maximum Gasteiger partial charge on any atom is 0.265 e. The average Bonchev–Trinajstić information content (AvgIpc) is 2.66. The molecule has 0 saturated carbocycles. The van der Waals surface area contributed by atoms with Gasteiger partial charge in [-0.1, -0.05) is 13.8 Å². The van der Waals surface area contributed by atoms with Gasteiger partial charge in [-0.2, -0.15) is 0 Å². The molecule has 110 valence electrons. The second-order valence-electron chi connectivity index (χ2n) is 5.24. The molecule has 2 atom stereocenters.